The third-order valence-corrected chi connectivity index (χ3v) is 3.62. The van der Waals surface area contributed by atoms with Crippen molar-refractivity contribution in [3.63, 3.8) is 0 Å². The van der Waals surface area contributed by atoms with Crippen molar-refractivity contribution >= 4 is 15.7 Å². The van der Waals surface area contributed by atoms with Gasteiger partial charge in [-0.05, 0) is 38.3 Å². The second kappa shape index (κ2) is 6.00. The van der Waals surface area contributed by atoms with Crippen LogP contribution in [0.4, 0.5) is 0 Å². The number of sulfonamides is 1. The van der Waals surface area contributed by atoms with Gasteiger partial charge in [-0.1, -0.05) is 31.5 Å². The van der Waals surface area contributed by atoms with Gasteiger partial charge in [-0.2, -0.15) is 13.5 Å². The molecular weight excluding hydrogens is 248 g/mol. The van der Waals surface area contributed by atoms with Crippen LogP contribution in [-0.4, -0.2) is 14.1 Å². The molecule has 100 valence electrons. The molecule has 1 aromatic rings. The van der Waals surface area contributed by atoms with Crippen LogP contribution in [0.2, 0.25) is 0 Å². The molecule has 1 N–H and O–H groups in total. The maximum atomic E-state index is 11.9. The van der Waals surface area contributed by atoms with Crippen LogP contribution in [0, 0.1) is 12.8 Å². The van der Waals surface area contributed by atoms with Crippen LogP contribution in [-0.2, 0) is 10.0 Å². The fourth-order valence-electron chi connectivity index (χ4n) is 1.54. The SMILES string of the molecule is CC(CC(C)C)=NNS(=O)(=O)c1ccc(C)cc1. The minimum Gasteiger partial charge on any atom is -0.200 e. The minimum atomic E-state index is -3.55. The average Bonchev–Trinajstić information content (AvgIpc) is 2.26. The predicted octanol–water partition coefficient (Wildman–Crippen LogP) is 2.70. The lowest BCUT2D eigenvalue weighted by molar-refractivity contribution is 0.583. The van der Waals surface area contributed by atoms with Gasteiger partial charge in [-0.3, -0.25) is 0 Å². The standard InChI is InChI=1S/C13H20N2O2S/c1-10(2)9-12(4)14-15-18(16,17)13-7-5-11(3)6-8-13/h5-8,10,15H,9H2,1-4H3. The smallest absolute Gasteiger partial charge is 0.200 e. The van der Waals surface area contributed by atoms with Gasteiger partial charge in [-0.25, -0.2) is 4.83 Å². The van der Waals surface area contributed by atoms with Gasteiger partial charge in [0, 0.05) is 5.71 Å². The zero-order chi connectivity index (χ0) is 13.8. The number of hydrazone groups is 1. The first-order valence-corrected chi connectivity index (χ1v) is 7.41. The molecule has 5 heteroatoms. The summed E-state index contributed by atoms with van der Waals surface area (Å²) >= 11 is 0. The topological polar surface area (TPSA) is 58.5 Å². The molecule has 0 aliphatic carbocycles. The Bertz CT molecular complexity index is 516. The summed E-state index contributed by atoms with van der Waals surface area (Å²) in [6.07, 6.45) is 0.774. The first-order chi connectivity index (χ1) is 8.31. The molecule has 1 aromatic carbocycles. The van der Waals surface area contributed by atoms with E-state index >= 15 is 0 Å². The molecule has 4 nitrogen and oxygen atoms in total. The van der Waals surface area contributed by atoms with Crippen LogP contribution >= 0.6 is 0 Å². The number of aryl methyl sites for hydroxylation is 1. The first kappa shape index (κ1) is 14.7. The number of benzene rings is 1. The van der Waals surface area contributed by atoms with E-state index in [0.717, 1.165) is 17.7 Å². The molecule has 0 aliphatic heterocycles. The summed E-state index contributed by atoms with van der Waals surface area (Å²) in [4.78, 5) is 2.49. The highest BCUT2D eigenvalue weighted by Crippen LogP contribution is 2.10. The number of nitrogens with one attached hydrogen (secondary N) is 1. The molecular formula is C13H20N2O2S. The van der Waals surface area contributed by atoms with Crippen molar-refractivity contribution < 1.29 is 8.42 Å². The Hall–Kier alpha value is -1.36. The zero-order valence-corrected chi connectivity index (χ0v) is 12.1. The fourth-order valence-corrected chi connectivity index (χ4v) is 2.42. The maximum Gasteiger partial charge on any atom is 0.276 e. The van der Waals surface area contributed by atoms with E-state index in [2.05, 4.69) is 23.8 Å². The van der Waals surface area contributed by atoms with Gasteiger partial charge in [0.15, 0.2) is 0 Å². The Morgan fingerprint density at radius 2 is 1.83 bits per heavy atom. The van der Waals surface area contributed by atoms with Crippen molar-refractivity contribution in [1.82, 2.24) is 4.83 Å². The van der Waals surface area contributed by atoms with E-state index in [4.69, 9.17) is 0 Å². The Morgan fingerprint density at radius 3 is 2.33 bits per heavy atom. The van der Waals surface area contributed by atoms with E-state index in [-0.39, 0.29) is 4.90 Å². The Morgan fingerprint density at radius 1 is 1.28 bits per heavy atom. The highest BCUT2D eigenvalue weighted by atomic mass is 32.2. The van der Waals surface area contributed by atoms with Crippen LogP contribution in [0.1, 0.15) is 32.8 Å². The molecule has 0 saturated heterocycles. The highest BCUT2D eigenvalue weighted by Gasteiger charge is 2.12. The van der Waals surface area contributed by atoms with E-state index in [1.807, 2.05) is 13.8 Å². The molecule has 0 amide bonds. The summed E-state index contributed by atoms with van der Waals surface area (Å²) in [5.74, 6) is 0.456. The van der Waals surface area contributed by atoms with Crippen molar-refractivity contribution in [3.8, 4) is 0 Å². The van der Waals surface area contributed by atoms with Gasteiger partial charge in [0.1, 0.15) is 0 Å². The van der Waals surface area contributed by atoms with Crippen molar-refractivity contribution in [2.75, 3.05) is 0 Å². The zero-order valence-electron chi connectivity index (χ0n) is 11.3. The molecule has 0 aliphatic rings. The molecule has 0 aromatic heterocycles. The average molecular weight is 268 g/mol. The lowest BCUT2D eigenvalue weighted by atomic mass is 10.1. The molecule has 0 atom stereocenters. The van der Waals surface area contributed by atoms with Crippen molar-refractivity contribution in [1.29, 1.82) is 0 Å². The van der Waals surface area contributed by atoms with Gasteiger partial charge >= 0.3 is 0 Å². The van der Waals surface area contributed by atoms with Crippen molar-refractivity contribution in [2.24, 2.45) is 11.0 Å². The van der Waals surface area contributed by atoms with Crippen LogP contribution in [0.25, 0.3) is 0 Å². The number of rotatable bonds is 5. The highest BCUT2D eigenvalue weighted by molar-refractivity contribution is 7.89. The molecule has 0 saturated carbocycles. The second-order valence-corrected chi connectivity index (χ2v) is 6.51. The molecule has 18 heavy (non-hydrogen) atoms. The molecule has 0 spiro atoms. The van der Waals surface area contributed by atoms with Gasteiger partial charge in [0.05, 0.1) is 4.90 Å². The lowest BCUT2D eigenvalue weighted by Crippen LogP contribution is -2.20. The molecule has 0 fully saturated rings. The first-order valence-electron chi connectivity index (χ1n) is 5.93. The third-order valence-electron chi connectivity index (χ3n) is 2.39. The van der Waals surface area contributed by atoms with Crippen LogP contribution in [0.5, 0.6) is 0 Å². The maximum absolute atomic E-state index is 11.9. The lowest BCUT2D eigenvalue weighted by Gasteiger charge is -2.07. The summed E-state index contributed by atoms with van der Waals surface area (Å²) in [5.41, 5.74) is 1.80. The van der Waals surface area contributed by atoms with E-state index in [1.165, 1.54) is 0 Å². The van der Waals surface area contributed by atoms with E-state index in [1.54, 1.807) is 24.3 Å². The largest absolute Gasteiger partial charge is 0.276 e. The van der Waals surface area contributed by atoms with Crippen LogP contribution in [0.15, 0.2) is 34.3 Å². The number of nitrogens with zero attached hydrogens (tertiary/aromatic N) is 1. The summed E-state index contributed by atoms with van der Waals surface area (Å²) < 4.78 is 23.8. The van der Waals surface area contributed by atoms with Crippen LogP contribution in [0.3, 0.4) is 0 Å². The predicted molar refractivity (Wildman–Crippen MR) is 74.1 cm³/mol. The molecule has 0 unspecified atom stereocenters. The van der Waals surface area contributed by atoms with Gasteiger partial charge in [-0.15, -0.1) is 0 Å². The van der Waals surface area contributed by atoms with Crippen molar-refractivity contribution in [3.05, 3.63) is 29.8 Å². The molecule has 1 rings (SSSR count). The van der Waals surface area contributed by atoms with Gasteiger partial charge in [0.25, 0.3) is 10.0 Å². The molecule has 0 radical (unpaired) electrons. The van der Waals surface area contributed by atoms with Gasteiger partial charge in [0.2, 0.25) is 0 Å². The minimum absolute atomic E-state index is 0.231. The Kier molecular flexibility index (Phi) is 4.90. The fraction of sp³-hybridized carbons (Fsp3) is 0.462. The summed E-state index contributed by atoms with van der Waals surface area (Å²) in [6, 6.07) is 6.68. The van der Waals surface area contributed by atoms with E-state index in [9.17, 15) is 8.42 Å². The number of hydrogen-bond donors (Lipinski definition) is 1. The van der Waals surface area contributed by atoms with Gasteiger partial charge < -0.3 is 0 Å². The summed E-state index contributed by atoms with van der Waals surface area (Å²) in [6.45, 7) is 7.85. The molecule has 0 bridgehead atoms. The van der Waals surface area contributed by atoms with E-state index in [0.29, 0.717) is 5.92 Å². The molecule has 0 heterocycles. The normalized spacial score (nSPS) is 12.8. The Balaban J connectivity index is 2.80. The third kappa shape index (κ3) is 4.49. The summed E-state index contributed by atoms with van der Waals surface area (Å²) in [7, 11) is -3.55. The van der Waals surface area contributed by atoms with E-state index < -0.39 is 10.0 Å². The second-order valence-electron chi connectivity index (χ2n) is 4.85. The number of hydrogen-bond acceptors (Lipinski definition) is 3. The Labute approximate surface area is 109 Å². The quantitative estimate of drug-likeness (QED) is 0.659. The monoisotopic (exact) mass is 268 g/mol. The summed E-state index contributed by atoms with van der Waals surface area (Å²) in [5, 5.41) is 3.91. The van der Waals surface area contributed by atoms with Crippen molar-refractivity contribution in [2.45, 2.75) is 39.0 Å². The van der Waals surface area contributed by atoms with Crippen LogP contribution < -0.4 is 4.83 Å².